The van der Waals surface area contributed by atoms with E-state index < -0.39 is 0 Å². The predicted molar refractivity (Wildman–Crippen MR) is 108 cm³/mol. The minimum absolute atomic E-state index is 0.00716. The average molecular weight is 373 g/mol. The lowest BCUT2D eigenvalue weighted by molar-refractivity contribution is -0.120. The third-order valence-electron chi connectivity index (χ3n) is 5.02. The summed E-state index contributed by atoms with van der Waals surface area (Å²) >= 11 is 0. The summed E-state index contributed by atoms with van der Waals surface area (Å²) in [6.45, 7) is 13.9. The molecule has 0 saturated carbocycles. The van der Waals surface area contributed by atoms with Gasteiger partial charge in [-0.15, -0.1) is 6.58 Å². The Morgan fingerprint density at radius 3 is 2.26 bits per heavy atom. The smallest absolute Gasteiger partial charge is 0.224 e. The first kappa shape index (κ1) is 22.8. The maximum atomic E-state index is 13.0. The summed E-state index contributed by atoms with van der Waals surface area (Å²) in [5.74, 6) is -0.605. The molecule has 27 heavy (non-hydrogen) atoms. The van der Waals surface area contributed by atoms with E-state index in [1.165, 1.54) is 7.11 Å². The van der Waals surface area contributed by atoms with Gasteiger partial charge in [-0.3, -0.25) is 14.4 Å². The highest BCUT2D eigenvalue weighted by Crippen LogP contribution is 2.34. The van der Waals surface area contributed by atoms with Crippen LogP contribution in [0.5, 0.6) is 0 Å². The molecule has 1 rings (SSSR count). The van der Waals surface area contributed by atoms with Gasteiger partial charge in [0.05, 0.1) is 12.7 Å². The van der Waals surface area contributed by atoms with Gasteiger partial charge in [-0.05, 0) is 51.9 Å². The second kappa shape index (κ2) is 10.8. The van der Waals surface area contributed by atoms with Crippen LogP contribution in [0.2, 0.25) is 0 Å². The summed E-state index contributed by atoms with van der Waals surface area (Å²) in [6.07, 6.45) is 5.59. The molecule has 1 unspecified atom stereocenters. The van der Waals surface area contributed by atoms with Crippen molar-refractivity contribution in [3.8, 4) is 0 Å². The third kappa shape index (κ3) is 5.88. The standard InChI is InChI=1S/C23H32O4/c1-7-8-9-10-18-20(14-24)21(25)19(23(27-6)22(18)26)13-17(16(4)5)12-11-15(2)3/h14,17H,2,4,7-13H2,1,3,5-6H3. The minimum atomic E-state index is -0.380. The van der Waals surface area contributed by atoms with Gasteiger partial charge < -0.3 is 4.74 Å². The number of Topliss-reactive ketones (excluding diaryl/α,β-unsaturated/α-hetero) is 2. The number of rotatable bonds is 12. The van der Waals surface area contributed by atoms with Crippen molar-refractivity contribution in [1.82, 2.24) is 0 Å². The third-order valence-corrected chi connectivity index (χ3v) is 5.02. The summed E-state index contributed by atoms with van der Waals surface area (Å²) in [4.78, 5) is 37.5. The Morgan fingerprint density at radius 2 is 1.78 bits per heavy atom. The molecule has 0 N–H and O–H groups in total. The number of hydrogen-bond donors (Lipinski definition) is 0. The molecule has 0 aromatic carbocycles. The molecule has 0 fully saturated rings. The van der Waals surface area contributed by atoms with E-state index in [2.05, 4.69) is 20.1 Å². The number of carbonyl (C=O) groups excluding carboxylic acids is 3. The lowest BCUT2D eigenvalue weighted by Crippen LogP contribution is -2.27. The van der Waals surface area contributed by atoms with E-state index in [0.29, 0.717) is 24.7 Å². The Labute approximate surface area is 163 Å². The topological polar surface area (TPSA) is 60.4 Å². The van der Waals surface area contributed by atoms with Crippen LogP contribution < -0.4 is 0 Å². The molecule has 1 atom stereocenters. The Balaban J connectivity index is 3.21. The zero-order chi connectivity index (χ0) is 20.6. The van der Waals surface area contributed by atoms with E-state index >= 15 is 0 Å². The molecule has 4 heteroatoms. The van der Waals surface area contributed by atoms with Crippen LogP contribution in [0, 0.1) is 5.92 Å². The molecule has 1 aliphatic rings. The van der Waals surface area contributed by atoms with Gasteiger partial charge in [0.2, 0.25) is 5.78 Å². The van der Waals surface area contributed by atoms with Crippen LogP contribution in [0.15, 0.2) is 46.8 Å². The van der Waals surface area contributed by atoms with E-state index in [9.17, 15) is 14.4 Å². The molecule has 0 heterocycles. The fourth-order valence-corrected chi connectivity index (χ4v) is 3.31. The molecule has 0 amide bonds. The van der Waals surface area contributed by atoms with Crippen LogP contribution in [0.3, 0.4) is 0 Å². The summed E-state index contributed by atoms with van der Waals surface area (Å²) in [5, 5.41) is 0. The molecule has 0 bridgehead atoms. The number of ether oxygens (including phenoxy) is 1. The van der Waals surface area contributed by atoms with Gasteiger partial charge in [0.15, 0.2) is 17.8 Å². The fourth-order valence-electron chi connectivity index (χ4n) is 3.31. The van der Waals surface area contributed by atoms with Crippen LogP contribution >= 0.6 is 0 Å². The first-order valence-corrected chi connectivity index (χ1v) is 9.63. The van der Waals surface area contributed by atoms with Crippen molar-refractivity contribution in [3.63, 3.8) is 0 Å². The highest BCUT2D eigenvalue weighted by atomic mass is 16.5. The van der Waals surface area contributed by atoms with Crippen molar-refractivity contribution in [2.75, 3.05) is 7.11 Å². The van der Waals surface area contributed by atoms with Crippen molar-refractivity contribution in [2.45, 2.75) is 65.7 Å². The first-order valence-electron chi connectivity index (χ1n) is 9.63. The Kier molecular flexibility index (Phi) is 9.13. The Hall–Kier alpha value is -2.23. The maximum absolute atomic E-state index is 13.0. The number of allylic oxidation sites excluding steroid dienone is 5. The molecule has 1 aliphatic carbocycles. The van der Waals surface area contributed by atoms with Crippen LogP contribution in [-0.4, -0.2) is 25.0 Å². The van der Waals surface area contributed by atoms with Crippen LogP contribution in [-0.2, 0) is 19.1 Å². The SMILES string of the molecule is C=C(C)CCC(CC1=C(OC)C(=O)C(CCCCC)=C(C=O)C1=O)C(=C)C. The second-order valence-corrected chi connectivity index (χ2v) is 7.38. The van der Waals surface area contributed by atoms with Crippen LogP contribution in [0.25, 0.3) is 0 Å². The van der Waals surface area contributed by atoms with Gasteiger partial charge in [0, 0.05) is 11.1 Å². The van der Waals surface area contributed by atoms with Gasteiger partial charge >= 0.3 is 0 Å². The number of ketones is 2. The van der Waals surface area contributed by atoms with Gasteiger partial charge in [-0.1, -0.05) is 37.5 Å². The van der Waals surface area contributed by atoms with Crippen LogP contribution in [0.4, 0.5) is 0 Å². The van der Waals surface area contributed by atoms with E-state index in [-0.39, 0.29) is 34.4 Å². The molecular weight excluding hydrogens is 340 g/mol. The van der Waals surface area contributed by atoms with Gasteiger partial charge in [0.1, 0.15) is 0 Å². The maximum Gasteiger partial charge on any atom is 0.224 e. The van der Waals surface area contributed by atoms with Crippen molar-refractivity contribution in [1.29, 1.82) is 0 Å². The van der Waals surface area contributed by atoms with Crippen molar-refractivity contribution >= 4 is 17.9 Å². The fraction of sp³-hybridized carbons (Fsp3) is 0.522. The molecule has 148 valence electrons. The van der Waals surface area contributed by atoms with Crippen LogP contribution in [0.1, 0.15) is 65.7 Å². The normalized spacial score (nSPS) is 15.9. The quantitative estimate of drug-likeness (QED) is 0.158. The van der Waals surface area contributed by atoms with Gasteiger partial charge in [0.25, 0.3) is 0 Å². The minimum Gasteiger partial charge on any atom is -0.492 e. The Bertz CT molecular complexity index is 691. The molecule has 0 aliphatic heterocycles. The predicted octanol–water partition coefficient (Wildman–Crippen LogP) is 5.05. The molecular formula is C23H32O4. The number of unbranched alkanes of at least 4 members (excludes halogenated alkanes) is 2. The van der Waals surface area contributed by atoms with E-state index in [0.717, 1.165) is 43.3 Å². The van der Waals surface area contributed by atoms with Gasteiger partial charge in [-0.2, -0.15) is 0 Å². The highest BCUT2D eigenvalue weighted by molar-refractivity contribution is 6.31. The molecule has 0 radical (unpaired) electrons. The summed E-state index contributed by atoms with van der Waals surface area (Å²) < 4.78 is 5.33. The molecule has 4 nitrogen and oxygen atoms in total. The van der Waals surface area contributed by atoms with Crippen molar-refractivity contribution < 1.29 is 19.1 Å². The zero-order valence-electron chi connectivity index (χ0n) is 17.2. The second-order valence-electron chi connectivity index (χ2n) is 7.38. The van der Waals surface area contributed by atoms with Crippen molar-refractivity contribution in [2.24, 2.45) is 5.92 Å². The van der Waals surface area contributed by atoms with E-state index in [4.69, 9.17) is 4.74 Å². The van der Waals surface area contributed by atoms with E-state index in [1.54, 1.807) is 0 Å². The average Bonchev–Trinajstić information content (AvgIpc) is 2.61. The summed E-state index contributed by atoms with van der Waals surface area (Å²) in [7, 11) is 1.40. The first-order chi connectivity index (χ1) is 12.8. The Morgan fingerprint density at radius 1 is 1.11 bits per heavy atom. The summed E-state index contributed by atoms with van der Waals surface area (Å²) in [5.41, 5.74) is 2.56. The molecule has 0 aromatic rings. The largest absolute Gasteiger partial charge is 0.492 e. The number of aldehydes is 1. The summed E-state index contributed by atoms with van der Waals surface area (Å²) in [6, 6.07) is 0. The molecule has 0 saturated heterocycles. The van der Waals surface area contributed by atoms with Crippen molar-refractivity contribution in [3.05, 3.63) is 46.8 Å². The number of carbonyl (C=O) groups is 3. The lowest BCUT2D eigenvalue weighted by atomic mass is 9.80. The monoisotopic (exact) mass is 372 g/mol. The zero-order valence-corrected chi connectivity index (χ0v) is 17.2. The van der Waals surface area contributed by atoms with E-state index in [1.807, 2.05) is 13.8 Å². The molecule has 0 aromatic heterocycles. The number of methoxy groups -OCH3 is 1. The lowest BCUT2D eigenvalue weighted by Gasteiger charge is -2.24. The molecule has 0 spiro atoms. The highest BCUT2D eigenvalue weighted by Gasteiger charge is 2.35. The van der Waals surface area contributed by atoms with Gasteiger partial charge in [-0.25, -0.2) is 0 Å². The number of hydrogen-bond acceptors (Lipinski definition) is 4.